The molecule has 0 spiro atoms. The molecule has 0 aliphatic carbocycles. The molecular formula is C21H31FN4. The molecule has 1 aromatic rings. The van der Waals surface area contributed by atoms with Crippen LogP contribution in [0.2, 0.25) is 0 Å². The van der Waals surface area contributed by atoms with Gasteiger partial charge in [0.05, 0.1) is 11.9 Å². The van der Waals surface area contributed by atoms with Gasteiger partial charge in [-0.15, -0.1) is 6.58 Å². The highest BCUT2D eigenvalue weighted by Gasteiger charge is 2.21. The predicted octanol–water partition coefficient (Wildman–Crippen LogP) is 3.51. The molecule has 0 bridgehead atoms. The smallest absolute Gasteiger partial charge is 0.134 e. The molecule has 0 aromatic heterocycles. The van der Waals surface area contributed by atoms with Crippen molar-refractivity contribution < 1.29 is 4.39 Å². The first-order valence-electron chi connectivity index (χ1n) is 9.13. The van der Waals surface area contributed by atoms with Crippen molar-refractivity contribution in [2.45, 2.75) is 19.4 Å². The molecule has 0 saturated carbocycles. The zero-order valence-electron chi connectivity index (χ0n) is 16.3. The molecule has 1 aliphatic heterocycles. The number of anilines is 1. The molecule has 1 N–H and O–H groups in total. The molecule has 1 saturated heterocycles. The number of hydrogen-bond acceptors (Lipinski definition) is 4. The first-order valence-corrected chi connectivity index (χ1v) is 9.13. The van der Waals surface area contributed by atoms with Crippen molar-refractivity contribution >= 4 is 11.4 Å². The first kappa shape index (κ1) is 20.0. The van der Waals surface area contributed by atoms with Gasteiger partial charge in [-0.2, -0.15) is 0 Å². The Kier molecular flexibility index (Phi) is 6.86. The maximum Gasteiger partial charge on any atom is 0.134 e. The molecule has 1 aliphatic rings. The molecule has 1 fully saturated rings. The second kappa shape index (κ2) is 8.90. The van der Waals surface area contributed by atoms with Gasteiger partial charge < -0.3 is 20.0 Å². The van der Waals surface area contributed by atoms with Crippen LogP contribution in [0.15, 0.2) is 49.8 Å². The molecule has 0 amide bonds. The van der Waals surface area contributed by atoms with Crippen LogP contribution in [-0.2, 0) is 0 Å². The zero-order valence-corrected chi connectivity index (χ0v) is 16.3. The predicted molar refractivity (Wildman–Crippen MR) is 109 cm³/mol. The molecule has 26 heavy (non-hydrogen) atoms. The molecule has 0 radical (unpaired) electrons. The number of piperazine rings is 1. The molecule has 5 heteroatoms. The lowest BCUT2D eigenvalue weighted by Crippen LogP contribution is -2.43. The lowest BCUT2D eigenvalue weighted by atomic mass is 10.1. The first-order chi connectivity index (χ1) is 12.4. The Hall–Kier alpha value is -2.27. The summed E-state index contributed by atoms with van der Waals surface area (Å²) in [6, 6.07) is 5.34. The minimum atomic E-state index is -0.265. The van der Waals surface area contributed by atoms with Crippen molar-refractivity contribution in [1.29, 1.82) is 0 Å². The number of benzene rings is 1. The van der Waals surface area contributed by atoms with Crippen LogP contribution in [0.1, 0.15) is 18.9 Å². The molecule has 1 unspecified atom stereocenters. The second-order valence-electron chi connectivity index (χ2n) is 6.68. The number of hydrogen-bond donors (Lipinski definition) is 1. The third kappa shape index (κ3) is 4.28. The van der Waals surface area contributed by atoms with Gasteiger partial charge in [-0.1, -0.05) is 26.2 Å². The van der Waals surface area contributed by atoms with Crippen LogP contribution in [0.4, 0.5) is 10.1 Å². The summed E-state index contributed by atoms with van der Waals surface area (Å²) in [6.07, 6.45) is 2.71. The van der Waals surface area contributed by atoms with Crippen LogP contribution in [-0.4, -0.2) is 56.1 Å². The van der Waals surface area contributed by atoms with Gasteiger partial charge in [0.2, 0.25) is 0 Å². The fourth-order valence-corrected chi connectivity index (χ4v) is 3.26. The Balaban J connectivity index is 2.28. The van der Waals surface area contributed by atoms with Gasteiger partial charge in [0.15, 0.2) is 0 Å². The van der Waals surface area contributed by atoms with Crippen molar-refractivity contribution in [2.24, 2.45) is 0 Å². The molecule has 2 rings (SSSR count). The molecule has 1 heterocycles. The van der Waals surface area contributed by atoms with E-state index in [1.807, 2.05) is 30.2 Å². The Morgan fingerprint density at radius 2 is 1.96 bits per heavy atom. The van der Waals surface area contributed by atoms with E-state index in [4.69, 9.17) is 0 Å². The summed E-state index contributed by atoms with van der Waals surface area (Å²) in [5.41, 5.74) is 2.06. The van der Waals surface area contributed by atoms with E-state index in [2.05, 4.69) is 48.8 Å². The highest BCUT2D eigenvalue weighted by Crippen LogP contribution is 2.28. The van der Waals surface area contributed by atoms with Crippen LogP contribution in [0.25, 0.3) is 5.70 Å². The molecule has 1 atom stereocenters. The van der Waals surface area contributed by atoms with E-state index in [0.717, 1.165) is 44.0 Å². The Morgan fingerprint density at radius 3 is 2.46 bits per heavy atom. The minimum Gasteiger partial charge on any atom is -0.375 e. The van der Waals surface area contributed by atoms with Crippen molar-refractivity contribution in [3.05, 3.63) is 61.2 Å². The molecular weight excluding hydrogens is 327 g/mol. The summed E-state index contributed by atoms with van der Waals surface area (Å²) in [4.78, 5) is 6.39. The zero-order chi connectivity index (χ0) is 19.3. The van der Waals surface area contributed by atoms with E-state index < -0.39 is 0 Å². The van der Waals surface area contributed by atoms with Crippen LogP contribution in [0.5, 0.6) is 0 Å². The third-order valence-corrected chi connectivity index (χ3v) is 5.03. The summed E-state index contributed by atoms with van der Waals surface area (Å²) in [5.74, 6) is 0.445. The van der Waals surface area contributed by atoms with E-state index in [9.17, 15) is 4.39 Å². The van der Waals surface area contributed by atoms with E-state index in [1.165, 1.54) is 0 Å². The van der Waals surface area contributed by atoms with Crippen molar-refractivity contribution in [3.63, 3.8) is 0 Å². The summed E-state index contributed by atoms with van der Waals surface area (Å²) in [7, 11) is 3.91. The van der Waals surface area contributed by atoms with Gasteiger partial charge >= 0.3 is 0 Å². The monoisotopic (exact) mass is 358 g/mol. The average molecular weight is 359 g/mol. The summed E-state index contributed by atoms with van der Waals surface area (Å²) >= 11 is 0. The third-order valence-electron chi connectivity index (χ3n) is 5.03. The van der Waals surface area contributed by atoms with Gasteiger partial charge in [0.25, 0.3) is 0 Å². The topological polar surface area (TPSA) is 21.8 Å². The van der Waals surface area contributed by atoms with E-state index in [-0.39, 0.29) is 11.9 Å². The molecule has 4 nitrogen and oxygen atoms in total. The van der Waals surface area contributed by atoms with Crippen molar-refractivity contribution in [2.75, 3.05) is 45.2 Å². The summed E-state index contributed by atoms with van der Waals surface area (Å²) < 4.78 is 14.9. The average Bonchev–Trinajstić information content (AvgIpc) is 2.65. The normalized spacial score (nSPS) is 16.1. The maximum absolute atomic E-state index is 14.9. The van der Waals surface area contributed by atoms with Crippen LogP contribution >= 0.6 is 0 Å². The minimum absolute atomic E-state index is 0.0426. The van der Waals surface area contributed by atoms with Crippen LogP contribution in [0.3, 0.4) is 0 Å². The van der Waals surface area contributed by atoms with Crippen molar-refractivity contribution in [1.82, 2.24) is 15.1 Å². The Labute approximate surface area is 157 Å². The van der Waals surface area contributed by atoms with Gasteiger partial charge in [0, 0.05) is 50.2 Å². The van der Waals surface area contributed by atoms with E-state index in [0.29, 0.717) is 11.4 Å². The van der Waals surface area contributed by atoms with Gasteiger partial charge in [-0.05, 0) is 31.7 Å². The summed E-state index contributed by atoms with van der Waals surface area (Å²) in [6.45, 7) is 17.8. The number of likely N-dealkylation sites (N-methyl/N-ethyl adjacent to an activating group) is 1. The Bertz CT molecular complexity index is 662. The lowest BCUT2D eigenvalue weighted by Gasteiger charge is -2.36. The number of nitrogens with one attached hydrogen (secondary N) is 1. The highest BCUT2D eigenvalue weighted by atomic mass is 19.1. The highest BCUT2D eigenvalue weighted by molar-refractivity contribution is 5.66. The second-order valence-corrected chi connectivity index (χ2v) is 6.68. The standard InChI is InChI=1S/C21H31FN4/c1-7-18(8-2)26(17(4)23-5)19-9-10-20(21(22)15-19)16(3)25-13-11-24(6)12-14-25/h7,9-10,15,18,23H,1,3-4,8,11-14H2,2,5-6H3. The van der Waals surface area contributed by atoms with E-state index in [1.54, 1.807) is 6.07 Å². The van der Waals surface area contributed by atoms with E-state index >= 15 is 0 Å². The number of nitrogens with zero attached hydrogens (tertiary/aromatic N) is 3. The van der Waals surface area contributed by atoms with Crippen LogP contribution < -0.4 is 10.2 Å². The fraction of sp³-hybridized carbons (Fsp3) is 0.429. The van der Waals surface area contributed by atoms with Gasteiger partial charge in [0.1, 0.15) is 5.82 Å². The lowest BCUT2D eigenvalue weighted by molar-refractivity contribution is 0.207. The molecule has 1 aromatic carbocycles. The number of halogens is 1. The molecule has 142 valence electrons. The SMILES string of the molecule is C=CC(CC)N(C(=C)NC)c1ccc(C(=C)N2CCN(C)CC2)c(F)c1. The van der Waals surface area contributed by atoms with Crippen molar-refractivity contribution in [3.8, 4) is 0 Å². The Morgan fingerprint density at radius 1 is 1.31 bits per heavy atom. The largest absolute Gasteiger partial charge is 0.375 e. The van der Waals surface area contributed by atoms with Gasteiger partial charge in [-0.3, -0.25) is 0 Å². The van der Waals surface area contributed by atoms with Crippen LogP contribution in [0, 0.1) is 5.82 Å². The summed E-state index contributed by atoms with van der Waals surface area (Å²) in [5, 5.41) is 3.06. The quantitative estimate of drug-likeness (QED) is 0.718. The number of rotatable bonds is 8. The maximum atomic E-state index is 14.9. The van der Waals surface area contributed by atoms with Gasteiger partial charge in [-0.25, -0.2) is 4.39 Å². The fourth-order valence-electron chi connectivity index (χ4n) is 3.26.